The standard InChI is InChI=1S/C19H20ClNO4/c1-23-12-14-5-2-4-13(8-14)11-21-19(22)15-9-16(20)18-17(10-15)24-6-3-7-25-18/h2,4-5,8-10H,3,6-7,11-12H2,1H3,(H,21,22). The molecule has 0 bridgehead atoms. The normalized spacial score (nSPS) is 13.2. The SMILES string of the molecule is COCc1cccc(CNC(=O)c2cc(Cl)c3c(c2)OCCCO3)c1. The maximum Gasteiger partial charge on any atom is 0.251 e. The van der Waals surface area contributed by atoms with Crippen molar-refractivity contribution in [3.05, 3.63) is 58.1 Å². The van der Waals surface area contributed by atoms with Gasteiger partial charge in [0, 0.05) is 25.6 Å². The number of methoxy groups -OCH3 is 1. The quantitative estimate of drug-likeness (QED) is 0.884. The van der Waals surface area contributed by atoms with Gasteiger partial charge in [0.25, 0.3) is 5.91 Å². The Labute approximate surface area is 151 Å². The maximum absolute atomic E-state index is 12.5. The Balaban J connectivity index is 1.70. The number of amides is 1. The fourth-order valence-electron chi connectivity index (χ4n) is 2.64. The van der Waals surface area contributed by atoms with E-state index in [0.717, 1.165) is 17.5 Å². The fraction of sp³-hybridized carbons (Fsp3) is 0.316. The number of carbonyl (C=O) groups excluding carboxylic acids is 1. The van der Waals surface area contributed by atoms with Crippen LogP contribution < -0.4 is 14.8 Å². The van der Waals surface area contributed by atoms with Crippen LogP contribution in [0.15, 0.2) is 36.4 Å². The van der Waals surface area contributed by atoms with Gasteiger partial charge in [-0.15, -0.1) is 0 Å². The number of hydrogen-bond donors (Lipinski definition) is 1. The van der Waals surface area contributed by atoms with Crippen LogP contribution in [-0.2, 0) is 17.9 Å². The second kappa shape index (κ2) is 8.23. The van der Waals surface area contributed by atoms with Crippen LogP contribution in [0.2, 0.25) is 5.02 Å². The molecule has 0 saturated heterocycles. The molecule has 6 heteroatoms. The number of benzene rings is 2. The zero-order chi connectivity index (χ0) is 17.6. The molecule has 1 amide bonds. The van der Waals surface area contributed by atoms with Gasteiger partial charge in [0.2, 0.25) is 0 Å². The van der Waals surface area contributed by atoms with E-state index in [9.17, 15) is 4.79 Å². The second-order valence-electron chi connectivity index (χ2n) is 5.77. The van der Waals surface area contributed by atoms with E-state index < -0.39 is 0 Å². The minimum Gasteiger partial charge on any atom is -0.489 e. The van der Waals surface area contributed by atoms with Crippen LogP contribution in [0.25, 0.3) is 0 Å². The lowest BCUT2D eigenvalue weighted by Crippen LogP contribution is -2.23. The zero-order valence-corrected chi connectivity index (χ0v) is 14.8. The Morgan fingerprint density at radius 3 is 2.84 bits per heavy atom. The molecular formula is C19H20ClNO4. The summed E-state index contributed by atoms with van der Waals surface area (Å²) in [6.45, 7) is 2.05. The summed E-state index contributed by atoms with van der Waals surface area (Å²) in [5, 5.41) is 3.28. The third kappa shape index (κ3) is 4.44. The third-order valence-electron chi connectivity index (χ3n) is 3.82. The lowest BCUT2D eigenvalue weighted by molar-refractivity contribution is 0.0950. The van der Waals surface area contributed by atoms with E-state index in [1.54, 1.807) is 19.2 Å². The Morgan fingerprint density at radius 2 is 2.00 bits per heavy atom. The van der Waals surface area contributed by atoms with Crippen molar-refractivity contribution in [3.63, 3.8) is 0 Å². The first-order chi connectivity index (χ1) is 12.2. The van der Waals surface area contributed by atoms with Crippen LogP contribution in [0.5, 0.6) is 11.5 Å². The molecular weight excluding hydrogens is 342 g/mol. The average molecular weight is 362 g/mol. The highest BCUT2D eigenvalue weighted by molar-refractivity contribution is 6.32. The molecule has 132 valence electrons. The van der Waals surface area contributed by atoms with Crippen molar-refractivity contribution in [2.45, 2.75) is 19.6 Å². The lowest BCUT2D eigenvalue weighted by Gasteiger charge is -2.12. The van der Waals surface area contributed by atoms with Crippen LogP contribution in [0.4, 0.5) is 0 Å². The fourth-order valence-corrected chi connectivity index (χ4v) is 2.91. The number of ether oxygens (including phenoxy) is 3. The van der Waals surface area contributed by atoms with Crippen molar-refractivity contribution in [2.24, 2.45) is 0 Å². The van der Waals surface area contributed by atoms with E-state index in [1.807, 2.05) is 24.3 Å². The molecule has 0 aliphatic carbocycles. The van der Waals surface area contributed by atoms with Crippen LogP contribution in [-0.4, -0.2) is 26.2 Å². The summed E-state index contributed by atoms with van der Waals surface area (Å²) < 4.78 is 16.3. The van der Waals surface area contributed by atoms with Crippen LogP contribution in [0.1, 0.15) is 27.9 Å². The summed E-state index contributed by atoms with van der Waals surface area (Å²) in [5.41, 5.74) is 2.51. The highest BCUT2D eigenvalue weighted by atomic mass is 35.5. The van der Waals surface area contributed by atoms with E-state index in [1.165, 1.54) is 0 Å². The molecule has 1 aliphatic heterocycles. The third-order valence-corrected chi connectivity index (χ3v) is 4.10. The highest BCUT2D eigenvalue weighted by Gasteiger charge is 2.18. The Hall–Kier alpha value is -2.24. The molecule has 2 aromatic rings. The average Bonchev–Trinajstić information content (AvgIpc) is 2.86. The molecule has 0 spiro atoms. The monoisotopic (exact) mass is 361 g/mol. The van der Waals surface area contributed by atoms with E-state index in [0.29, 0.717) is 48.5 Å². The summed E-state index contributed by atoms with van der Waals surface area (Å²) in [6, 6.07) is 11.2. The molecule has 25 heavy (non-hydrogen) atoms. The van der Waals surface area contributed by atoms with Crippen LogP contribution >= 0.6 is 11.6 Å². The van der Waals surface area contributed by atoms with Crippen molar-refractivity contribution in [3.8, 4) is 11.5 Å². The topological polar surface area (TPSA) is 56.8 Å². The van der Waals surface area contributed by atoms with Gasteiger partial charge in [-0.25, -0.2) is 0 Å². The van der Waals surface area contributed by atoms with Gasteiger partial charge in [0.05, 0.1) is 24.8 Å². The Kier molecular flexibility index (Phi) is 5.79. The van der Waals surface area contributed by atoms with E-state index in [4.69, 9.17) is 25.8 Å². The molecule has 0 unspecified atom stereocenters. The Morgan fingerprint density at radius 1 is 1.20 bits per heavy atom. The lowest BCUT2D eigenvalue weighted by atomic mass is 10.1. The predicted molar refractivity (Wildman–Crippen MR) is 95.4 cm³/mol. The molecule has 0 radical (unpaired) electrons. The first-order valence-electron chi connectivity index (χ1n) is 8.11. The molecule has 0 saturated carbocycles. The van der Waals surface area contributed by atoms with Crippen molar-refractivity contribution in [1.82, 2.24) is 5.32 Å². The summed E-state index contributed by atoms with van der Waals surface area (Å²) in [6.07, 6.45) is 0.782. The molecule has 1 N–H and O–H groups in total. The van der Waals surface area contributed by atoms with E-state index in [-0.39, 0.29) is 5.91 Å². The van der Waals surface area contributed by atoms with Gasteiger partial charge in [-0.2, -0.15) is 0 Å². The minimum absolute atomic E-state index is 0.213. The molecule has 2 aromatic carbocycles. The van der Waals surface area contributed by atoms with Crippen molar-refractivity contribution in [2.75, 3.05) is 20.3 Å². The number of carbonyl (C=O) groups is 1. The predicted octanol–water partition coefficient (Wildman–Crippen LogP) is 3.58. The summed E-state index contributed by atoms with van der Waals surface area (Å²) >= 11 is 6.24. The van der Waals surface area contributed by atoms with Gasteiger partial charge >= 0.3 is 0 Å². The first kappa shape index (κ1) is 17.6. The number of halogens is 1. The highest BCUT2D eigenvalue weighted by Crippen LogP contribution is 2.37. The molecule has 5 nitrogen and oxygen atoms in total. The second-order valence-corrected chi connectivity index (χ2v) is 6.18. The number of rotatable bonds is 5. The summed E-state index contributed by atoms with van der Waals surface area (Å²) in [4.78, 5) is 12.5. The largest absolute Gasteiger partial charge is 0.489 e. The van der Waals surface area contributed by atoms with Crippen molar-refractivity contribution < 1.29 is 19.0 Å². The number of hydrogen-bond acceptors (Lipinski definition) is 4. The van der Waals surface area contributed by atoms with Crippen LogP contribution in [0, 0.1) is 0 Å². The van der Waals surface area contributed by atoms with Gasteiger partial charge < -0.3 is 19.5 Å². The summed E-state index contributed by atoms with van der Waals surface area (Å²) in [7, 11) is 1.66. The molecule has 0 atom stereocenters. The number of nitrogens with one attached hydrogen (secondary N) is 1. The van der Waals surface area contributed by atoms with Gasteiger partial charge in [0.15, 0.2) is 11.5 Å². The molecule has 0 aromatic heterocycles. The molecule has 1 aliphatic rings. The van der Waals surface area contributed by atoms with Gasteiger partial charge in [0.1, 0.15) is 0 Å². The van der Waals surface area contributed by atoms with Gasteiger partial charge in [-0.3, -0.25) is 4.79 Å². The van der Waals surface area contributed by atoms with Gasteiger partial charge in [-0.05, 0) is 23.3 Å². The maximum atomic E-state index is 12.5. The van der Waals surface area contributed by atoms with Crippen molar-refractivity contribution >= 4 is 17.5 Å². The van der Waals surface area contributed by atoms with Gasteiger partial charge in [-0.1, -0.05) is 35.9 Å². The van der Waals surface area contributed by atoms with E-state index >= 15 is 0 Å². The number of fused-ring (bicyclic) bond motifs is 1. The van der Waals surface area contributed by atoms with Crippen LogP contribution in [0.3, 0.4) is 0 Å². The minimum atomic E-state index is -0.213. The smallest absolute Gasteiger partial charge is 0.251 e. The molecule has 3 rings (SSSR count). The van der Waals surface area contributed by atoms with Crippen molar-refractivity contribution in [1.29, 1.82) is 0 Å². The Bertz CT molecular complexity index is 763. The molecule has 1 heterocycles. The van der Waals surface area contributed by atoms with E-state index in [2.05, 4.69) is 5.32 Å². The first-order valence-corrected chi connectivity index (χ1v) is 8.49. The zero-order valence-electron chi connectivity index (χ0n) is 14.0. The summed E-state index contributed by atoms with van der Waals surface area (Å²) in [5.74, 6) is 0.801. The molecule has 0 fully saturated rings.